The van der Waals surface area contributed by atoms with Crippen LogP contribution in [0.25, 0.3) is 32.9 Å². The number of ether oxygens (including phenoxy) is 1. The van der Waals surface area contributed by atoms with Gasteiger partial charge in [-0.2, -0.15) is 13.5 Å². The number of likely N-dealkylation sites (tertiary alicyclic amines) is 1. The van der Waals surface area contributed by atoms with Crippen molar-refractivity contribution in [3.05, 3.63) is 113 Å². The number of imide groups is 1. The Labute approximate surface area is 350 Å². The number of nitrogens with one attached hydrogen (secondary N) is 2. The topological polar surface area (TPSA) is 187 Å². The second-order valence-electron chi connectivity index (χ2n) is 15.6. The molecule has 2 atom stereocenters. The van der Waals surface area contributed by atoms with E-state index in [0.29, 0.717) is 31.9 Å². The summed E-state index contributed by atoms with van der Waals surface area (Å²) in [5.41, 5.74) is 1.87. The number of carbonyl (C=O) groups is 4. The highest BCUT2D eigenvalue weighted by Gasteiger charge is 2.47. The largest absolute Gasteiger partial charge is 0.487 e. The summed E-state index contributed by atoms with van der Waals surface area (Å²) in [5.74, 6) is -8.09. The zero-order valence-corrected chi connectivity index (χ0v) is 33.7. The molecule has 2 N–H and O–H groups in total. The van der Waals surface area contributed by atoms with Crippen LogP contribution >= 0.6 is 0 Å². The molecule has 62 heavy (non-hydrogen) atoms. The van der Waals surface area contributed by atoms with Gasteiger partial charge < -0.3 is 9.64 Å². The standard InChI is InChI=1S/C42H37F3N8O8S/c1-49-33-16-26(8-10-31(33)53(41(49)58)32-11-12-35(54)47-40(32)57)30-13-14-50(23-42(30,44)45)37(56)21-51-19-28(18-46-51)25-7-9-29-27(15-25)17-34(61-22-24-5-3-2-4-6-24)39(38(29)43)52-20-36(55)48-62(52,59)60/h2-10,15-19,30,32H,11-14,20-23H2,1H3,(H,48,55)(H,47,54,57). The van der Waals surface area contributed by atoms with Crippen LogP contribution < -0.4 is 24.8 Å². The quantitative estimate of drug-likeness (QED) is 0.204. The average molecular weight is 871 g/mol. The molecule has 0 spiro atoms. The number of imidazole rings is 1. The van der Waals surface area contributed by atoms with Crippen molar-refractivity contribution in [1.82, 2.24) is 33.9 Å². The smallest absolute Gasteiger partial charge is 0.329 e. The Balaban J connectivity index is 0.915. The van der Waals surface area contributed by atoms with E-state index >= 15 is 13.2 Å². The maximum atomic E-state index is 16.3. The first-order valence-corrected chi connectivity index (χ1v) is 21.0. The molecule has 3 aliphatic heterocycles. The Morgan fingerprint density at radius 2 is 1.74 bits per heavy atom. The van der Waals surface area contributed by atoms with E-state index in [9.17, 15) is 32.4 Å². The van der Waals surface area contributed by atoms with Gasteiger partial charge in [0.15, 0.2) is 5.82 Å². The first kappa shape index (κ1) is 40.4. The lowest BCUT2D eigenvalue weighted by Gasteiger charge is -2.38. The maximum absolute atomic E-state index is 16.3. The monoisotopic (exact) mass is 870 g/mol. The number of fused-ring (bicyclic) bond motifs is 2. The molecule has 3 saturated heterocycles. The van der Waals surface area contributed by atoms with E-state index in [1.807, 2.05) is 10.8 Å². The van der Waals surface area contributed by atoms with Crippen molar-refractivity contribution in [3.63, 3.8) is 0 Å². The minimum atomic E-state index is -4.39. The van der Waals surface area contributed by atoms with Crippen molar-refractivity contribution < 1.29 is 45.5 Å². The van der Waals surface area contributed by atoms with Gasteiger partial charge in [0.1, 0.15) is 37.2 Å². The minimum absolute atomic E-state index is 0.0251. The first-order chi connectivity index (χ1) is 29.6. The summed E-state index contributed by atoms with van der Waals surface area (Å²) in [6.07, 6.45) is 3.15. The molecule has 0 radical (unpaired) electrons. The molecule has 16 nitrogen and oxygen atoms in total. The van der Waals surface area contributed by atoms with Gasteiger partial charge in [-0.3, -0.25) is 38.3 Å². The molecular weight excluding hydrogens is 834 g/mol. The van der Waals surface area contributed by atoms with Gasteiger partial charge in [-0.25, -0.2) is 27.0 Å². The Hall–Kier alpha value is -6.96. The van der Waals surface area contributed by atoms with Gasteiger partial charge in [0, 0.05) is 37.2 Å². The fourth-order valence-electron chi connectivity index (χ4n) is 8.46. The number of alkyl halides is 2. The molecule has 4 amide bonds. The van der Waals surface area contributed by atoms with Crippen LogP contribution in [0.3, 0.4) is 0 Å². The molecular formula is C42H37F3N8O8S. The van der Waals surface area contributed by atoms with Gasteiger partial charge in [-0.15, -0.1) is 0 Å². The van der Waals surface area contributed by atoms with E-state index in [-0.39, 0.29) is 55.7 Å². The van der Waals surface area contributed by atoms with Gasteiger partial charge in [0.05, 0.1) is 29.7 Å². The number of hydrogen-bond donors (Lipinski definition) is 2. The van der Waals surface area contributed by atoms with Gasteiger partial charge in [-0.05, 0) is 59.2 Å². The van der Waals surface area contributed by atoms with Crippen molar-refractivity contribution in [3.8, 4) is 16.9 Å². The van der Waals surface area contributed by atoms with E-state index in [2.05, 4.69) is 10.4 Å². The summed E-state index contributed by atoms with van der Waals surface area (Å²) in [7, 11) is -2.90. The van der Waals surface area contributed by atoms with Gasteiger partial charge in [0.2, 0.25) is 17.7 Å². The maximum Gasteiger partial charge on any atom is 0.329 e. The molecule has 6 aromatic rings. The summed E-state index contributed by atoms with van der Waals surface area (Å²) in [4.78, 5) is 64.1. The normalized spacial score (nSPS) is 19.8. The summed E-state index contributed by atoms with van der Waals surface area (Å²) < 4.78 is 86.1. The molecule has 3 aliphatic rings. The second kappa shape index (κ2) is 15.2. The first-order valence-electron chi connectivity index (χ1n) is 19.6. The number of anilines is 1. The Bertz CT molecular complexity index is 3020. The van der Waals surface area contributed by atoms with Crippen LogP contribution in [0.4, 0.5) is 18.9 Å². The van der Waals surface area contributed by atoms with Crippen LogP contribution in [0.1, 0.15) is 42.3 Å². The summed E-state index contributed by atoms with van der Waals surface area (Å²) in [6.45, 7) is -1.84. The van der Waals surface area contributed by atoms with Crippen LogP contribution in [-0.4, -0.2) is 81.4 Å². The number of amides is 4. The molecule has 20 heteroatoms. The number of aryl methyl sites for hydroxylation is 1. The molecule has 2 unspecified atom stereocenters. The van der Waals surface area contributed by atoms with E-state index in [0.717, 1.165) is 10.5 Å². The third kappa shape index (κ3) is 7.22. The number of benzene rings is 4. The lowest BCUT2D eigenvalue weighted by molar-refractivity contribution is -0.145. The fourth-order valence-corrected chi connectivity index (χ4v) is 9.62. The van der Waals surface area contributed by atoms with Crippen molar-refractivity contribution in [2.24, 2.45) is 7.05 Å². The van der Waals surface area contributed by atoms with Crippen molar-refractivity contribution in [2.75, 3.05) is 23.9 Å². The molecule has 2 aromatic heterocycles. The van der Waals surface area contributed by atoms with Crippen molar-refractivity contribution in [1.29, 1.82) is 0 Å². The second-order valence-corrected chi connectivity index (χ2v) is 17.2. The third-order valence-corrected chi connectivity index (χ3v) is 13.0. The molecule has 9 rings (SSSR count). The molecule has 0 aliphatic carbocycles. The summed E-state index contributed by atoms with van der Waals surface area (Å²) >= 11 is 0. The van der Waals surface area contributed by atoms with Crippen molar-refractivity contribution >= 4 is 61.3 Å². The van der Waals surface area contributed by atoms with E-state index in [4.69, 9.17) is 4.74 Å². The highest BCUT2D eigenvalue weighted by Crippen LogP contribution is 2.43. The number of nitrogens with zero attached hydrogens (tertiary/aromatic N) is 6. The zero-order valence-electron chi connectivity index (χ0n) is 32.9. The van der Waals surface area contributed by atoms with Crippen LogP contribution in [0.2, 0.25) is 0 Å². The SMILES string of the molecule is Cn1c(=O)n(C2CCC(=O)NC2=O)c2ccc(C3CCN(C(=O)Cn4cc(-c5ccc6c(F)c(N7CC(=O)NS7(=O)=O)c(OCc7ccccc7)cc6c5)cn4)CC3(F)F)cc21. The molecule has 3 fully saturated rings. The Morgan fingerprint density at radius 1 is 0.952 bits per heavy atom. The highest BCUT2D eigenvalue weighted by atomic mass is 32.2. The van der Waals surface area contributed by atoms with Crippen molar-refractivity contribution in [2.45, 2.75) is 50.3 Å². The molecule has 0 saturated carbocycles. The predicted molar refractivity (Wildman–Crippen MR) is 218 cm³/mol. The van der Waals surface area contributed by atoms with E-state index in [1.165, 1.54) is 57.4 Å². The average Bonchev–Trinajstić information content (AvgIpc) is 3.88. The number of hydrogen-bond acceptors (Lipinski definition) is 9. The number of rotatable bonds is 9. The highest BCUT2D eigenvalue weighted by molar-refractivity contribution is 7.92. The van der Waals surface area contributed by atoms with Gasteiger partial charge in [0.25, 0.3) is 11.8 Å². The summed E-state index contributed by atoms with van der Waals surface area (Å²) in [6, 6.07) is 18.7. The van der Waals surface area contributed by atoms with Crippen LogP contribution in [0.5, 0.6) is 5.75 Å². The third-order valence-electron chi connectivity index (χ3n) is 11.6. The fraction of sp³-hybridized carbons (Fsp3) is 0.286. The van der Waals surface area contributed by atoms with Crippen LogP contribution in [-0.2, 0) is 49.6 Å². The van der Waals surface area contributed by atoms with E-state index in [1.54, 1.807) is 42.6 Å². The zero-order chi connectivity index (χ0) is 43.7. The van der Waals surface area contributed by atoms with Crippen LogP contribution in [0, 0.1) is 5.82 Å². The lowest BCUT2D eigenvalue weighted by Crippen LogP contribution is -2.50. The molecule has 320 valence electrons. The molecule has 4 aromatic carbocycles. The number of aromatic nitrogens is 4. The number of piperidine rings is 2. The molecule has 0 bridgehead atoms. The Morgan fingerprint density at radius 3 is 2.47 bits per heavy atom. The minimum Gasteiger partial charge on any atom is -0.487 e. The Kier molecular flexibility index (Phi) is 9.91. The number of carbonyl (C=O) groups excluding carboxylic acids is 4. The predicted octanol–water partition coefficient (Wildman–Crippen LogP) is 3.88. The molecule has 5 heterocycles. The lowest BCUT2D eigenvalue weighted by atomic mass is 9.86. The van der Waals surface area contributed by atoms with Gasteiger partial charge >= 0.3 is 15.9 Å². The van der Waals surface area contributed by atoms with Crippen LogP contribution in [0.15, 0.2) is 90.0 Å². The van der Waals surface area contributed by atoms with Gasteiger partial charge in [-0.1, -0.05) is 48.5 Å². The van der Waals surface area contributed by atoms with E-state index < -0.39 is 82.0 Å². The summed E-state index contributed by atoms with van der Waals surface area (Å²) in [5, 5.41) is 6.91. The number of halogens is 3.